The van der Waals surface area contributed by atoms with Crippen LogP contribution < -0.4 is 5.32 Å². The Morgan fingerprint density at radius 2 is 1.88 bits per heavy atom. The van der Waals surface area contributed by atoms with E-state index >= 15 is 0 Å². The molecule has 1 N–H and O–H groups in total. The van der Waals surface area contributed by atoms with Gasteiger partial charge in [0.25, 0.3) is 5.91 Å². The summed E-state index contributed by atoms with van der Waals surface area (Å²) < 4.78 is 0. The Labute approximate surface area is 146 Å². The van der Waals surface area contributed by atoms with Gasteiger partial charge in [0.2, 0.25) is 0 Å². The lowest BCUT2D eigenvalue weighted by atomic mass is 9.97. The van der Waals surface area contributed by atoms with E-state index in [1.54, 1.807) is 0 Å². The molecule has 1 amide bonds. The van der Waals surface area contributed by atoms with Gasteiger partial charge in [0.1, 0.15) is 0 Å². The minimum atomic E-state index is -0.0793. The van der Waals surface area contributed by atoms with Crippen LogP contribution in [0.5, 0.6) is 0 Å². The number of carbonyl (C=O) groups excluding carboxylic acids is 1. The molecule has 0 radical (unpaired) electrons. The van der Waals surface area contributed by atoms with E-state index in [0.717, 1.165) is 27.7 Å². The van der Waals surface area contributed by atoms with E-state index < -0.39 is 0 Å². The molecule has 0 saturated heterocycles. The molecular weight excluding hydrogens is 320 g/mol. The highest BCUT2D eigenvalue weighted by molar-refractivity contribution is 6.30. The van der Waals surface area contributed by atoms with Crippen LogP contribution in [0.15, 0.2) is 48.5 Å². The highest BCUT2D eigenvalue weighted by atomic mass is 35.5. The number of nitrogens with zero attached hydrogens (tertiary/aromatic N) is 1. The molecule has 0 bridgehead atoms. The first-order valence-corrected chi connectivity index (χ1v) is 8.31. The van der Waals surface area contributed by atoms with Gasteiger partial charge in [0.05, 0.1) is 16.8 Å². The van der Waals surface area contributed by atoms with Crippen molar-refractivity contribution in [3.63, 3.8) is 0 Å². The van der Waals surface area contributed by atoms with Gasteiger partial charge in [-0.25, -0.2) is 4.98 Å². The maximum absolute atomic E-state index is 12.8. The van der Waals surface area contributed by atoms with Crippen LogP contribution in [0.3, 0.4) is 0 Å². The SMILES string of the molecule is Cc1c(-c2cccc(Cl)c2)nc2ccccc2c1C(=O)NC(C)C. The first-order chi connectivity index (χ1) is 11.5. The summed E-state index contributed by atoms with van der Waals surface area (Å²) in [4.78, 5) is 17.5. The number of carbonyl (C=O) groups is 1. The van der Waals surface area contributed by atoms with Crippen molar-refractivity contribution in [2.24, 2.45) is 0 Å². The van der Waals surface area contributed by atoms with Crippen molar-refractivity contribution in [1.82, 2.24) is 10.3 Å². The summed E-state index contributed by atoms with van der Waals surface area (Å²) in [5.74, 6) is -0.0793. The van der Waals surface area contributed by atoms with E-state index in [1.807, 2.05) is 69.3 Å². The van der Waals surface area contributed by atoms with Crippen LogP contribution in [0.25, 0.3) is 22.2 Å². The number of rotatable bonds is 3. The van der Waals surface area contributed by atoms with Crippen LogP contribution in [0, 0.1) is 6.92 Å². The number of fused-ring (bicyclic) bond motifs is 1. The number of amides is 1. The molecule has 3 rings (SSSR count). The van der Waals surface area contributed by atoms with Gasteiger partial charge in [0, 0.05) is 22.0 Å². The zero-order chi connectivity index (χ0) is 17.3. The van der Waals surface area contributed by atoms with E-state index in [0.29, 0.717) is 10.6 Å². The first-order valence-electron chi connectivity index (χ1n) is 7.93. The van der Waals surface area contributed by atoms with E-state index in [4.69, 9.17) is 16.6 Å². The zero-order valence-corrected chi connectivity index (χ0v) is 14.7. The Morgan fingerprint density at radius 1 is 1.12 bits per heavy atom. The fraction of sp³-hybridized carbons (Fsp3) is 0.200. The van der Waals surface area contributed by atoms with Gasteiger partial charge in [0.15, 0.2) is 0 Å². The molecule has 0 fully saturated rings. The minimum Gasteiger partial charge on any atom is -0.350 e. The topological polar surface area (TPSA) is 42.0 Å². The van der Waals surface area contributed by atoms with Crippen molar-refractivity contribution in [3.05, 3.63) is 64.7 Å². The Kier molecular flexibility index (Phi) is 4.54. The Morgan fingerprint density at radius 3 is 2.58 bits per heavy atom. The number of hydrogen-bond donors (Lipinski definition) is 1. The third-order valence-corrected chi connectivity index (χ3v) is 4.12. The molecule has 0 unspecified atom stereocenters. The minimum absolute atomic E-state index is 0.0680. The third kappa shape index (κ3) is 3.13. The summed E-state index contributed by atoms with van der Waals surface area (Å²) in [7, 11) is 0. The molecule has 0 atom stereocenters. The normalized spacial score (nSPS) is 11.0. The van der Waals surface area contributed by atoms with Gasteiger partial charge in [-0.2, -0.15) is 0 Å². The molecule has 3 nitrogen and oxygen atoms in total. The van der Waals surface area contributed by atoms with Crippen molar-refractivity contribution in [2.75, 3.05) is 0 Å². The highest BCUT2D eigenvalue weighted by Gasteiger charge is 2.19. The van der Waals surface area contributed by atoms with Crippen molar-refractivity contribution in [2.45, 2.75) is 26.8 Å². The third-order valence-electron chi connectivity index (χ3n) is 3.88. The van der Waals surface area contributed by atoms with Crippen LogP contribution in [0.1, 0.15) is 29.8 Å². The van der Waals surface area contributed by atoms with Crippen molar-refractivity contribution in [3.8, 4) is 11.3 Å². The van der Waals surface area contributed by atoms with Gasteiger partial charge in [-0.1, -0.05) is 41.9 Å². The first kappa shape index (κ1) is 16.5. The zero-order valence-electron chi connectivity index (χ0n) is 13.9. The molecule has 2 aromatic carbocycles. The average Bonchev–Trinajstić information content (AvgIpc) is 2.53. The maximum atomic E-state index is 12.8. The summed E-state index contributed by atoms with van der Waals surface area (Å²) in [5, 5.41) is 4.50. The molecule has 4 heteroatoms. The molecule has 1 heterocycles. The van der Waals surface area contributed by atoms with Crippen LogP contribution in [0.2, 0.25) is 5.02 Å². The van der Waals surface area contributed by atoms with Crippen molar-refractivity contribution < 1.29 is 4.79 Å². The number of halogens is 1. The van der Waals surface area contributed by atoms with Gasteiger partial charge >= 0.3 is 0 Å². The van der Waals surface area contributed by atoms with Crippen LogP contribution in [-0.2, 0) is 0 Å². The number of benzene rings is 2. The Bertz CT molecular complexity index is 919. The van der Waals surface area contributed by atoms with E-state index in [-0.39, 0.29) is 11.9 Å². The van der Waals surface area contributed by atoms with Gasteiger partial charge in [-0.05, 0) is 44.5 Å². The lowest BCUT2D eigenvalue weighted by Crippen LogP contribution is -2.31. The Hall–Kier alpha value is -2.39. The van der Waals surface area contributed by atoms with Gasteiger partial charge in [-0.3, -0.25) is 4.79 Å². The number of hydrogen-bond acceptors (Lipinski definition) is 2. The molecule has 122 valence electrons. The van der Waals surface area contributed by atoms with E-state index in [1.165, 1.54) is 0 Å². The quantitative estimate of drug-likeness (QED) is 0.730. The predicted molar refractivity (Wildman–Crippen MR) is 99.5 cm³/mol. The van der Waals surface area contributed by atoms with Gasteiger partial charge in [-0.15, -0.1) is 0 Å². The standard InChI is InChI=1S/C20H19ClN2O/c1-12(2)22-20(24)18-13(3)19(14-7-6-8-15(21)11-14)23-17-10-5-4-9-16(17)18/h4-12H,1-3H3,(H,22,24). The summed E-state index contributed by atoms with van der Waals surface area (Å²) in [6.45, 7) is 5.84. The lowest BCUT2D eigenvalue weighted by Gasteiger charge is -2.16. The molecule has 0 aliphatic heterocycles. The molecule has 3 aromatic rings. The summed E-state index contributed by atoms with van der Waals surface area (Å²) >= 11 is 6.13. The number of aromatic nitrogens is 1. The van der Waals surface area contributed by atoms with E-state index in [9.17, 15) is 4.79 Å². The molecule has 0 aliphatic carbocycles. The number of pyridine rings is 1. The lowest BCUT2D eigenvalue weighted by molar-refractivity contribution is 0.0944. The second-order valence-electron chi connectivity index (χ2n) is 6.12. The predicted octanol–water partition coefficient (Wildman–Crippen LogP) is 5.00. The smallest absolute Gasteiger partial charge is 0.252 e. The summed E-state index contributed by atoms with van der Waals surface area (Å²) in [6.07, 6.45) is 0. The summed E-state index contributed by atoms with van der Waals surface area (Å²) in [5.41, 5.74) is 4.01. The molecule has 24 heavy (non-hydrogen) atoms. The monoisotopic (exact) mass is 338 g/mol. The fourth-order valence-electron chi connectivity index (χ4n) is 2.85. The van der Waals surface area contributed by atoms with Crippen molar-refractivity contribution in [1.29, 1.82) is 0 Å². The summed E-state index contributed by atoms with van der Waals surface area (Å²) in [6, 6.07) is 15.3. The van der Waals surface area contributed by atoms with Crippen LogP contribution >= 0.6 is 11.6 Å². The average molecular weight is 339 g/mol. The molecule has 0 spiro atoms. The molecular formula is C20H19ClN2O. The van der Waals surface area contributed by atoms with Crippen LogP contribution in [0.4, 0.5) is 0 Å². The molecule has 0 aliphatic rings. The van der Waals surface area contributed by atoms with Crippen molar-refractivity contribution >= 4 is 28.4 Å². The highest BCUT2D eigenvalue weighted by Crippen LogP contribution is 2.30. The largest absolute Gasteiger partial charge is 0.350 e. The van der Waals surface area contributed by atoms with Gasteiger partial charge < -0.3 is 5.32 Å². The number of para-hydroxylation sites is 1. The van der Waals surface area contributed by atoms with E-state index in [2.05, 4.69) is 5.32 Å². The molecule has 1 aromatic heterocycles. The molecule has 0 saturated carbocycles. The second kappa shape index (κ2) is 6.62. The maximum Gasteiger partial charge on any atom is 0.252 e. The fourth-order valence-corrected chi connectivity index (χ4v) is 3.04. The Balaban J connectivity index is 2.29. The number of nitrogens with one attached hydrogen (secondary N) is 1. The second-order valence-corrected chi connectivity index (χ2v) is 6.55. The van der Waals surface area contributed by atoms with Crippen LogP contribution in [-0.4, -0.2) is 16.9 Å².